The van der Waals surface area contributed by atoms with Crippen molar-refractivity contribution in [2.45, 2.75) is 30.9 Å². The molecule has 0 aromatic heterocycles. The Balaban J connectivity index is 4.59. The highest BCUT2D eigenvalue weighted by Crippen LogP contribution is 2.42. The van der Waals surface area contributed by atoms with Gasteiger partial charge in [-0.25, -0.2) is 0 Å². The van der Waals surface area contributed by atoms with E-state index in [1.54, 1.807) is 0 Å². The number of thioether (sulfide) groups is 1. The van der Waals surface area contributed by atoms with Gasteiger partial charge in [-0.2, -0.15) is 38.1 Å². The van der Waals surface area contributed by atoms with Crippen LogP contribution in [0.15, 0.2) is 0 Å². The van der Waals surface area contributed by atoms with Gasteiger partial charge in [-0.3, -0.25) is 0 Å². The summed E-state index contributed by atoms with van der Waals surface area (Å²) in [7, 11) is 0. The smallest absolute Gasteiger partial charge is 0.170 e. The van der Waals surface area contributed by atoms with Crippen LogP contribution in [0.25, 0.3) is 0 Å². The molecule has 0 bridgehead atoms. The number of hydrogen-bond acceptors (Lipinski definition) is 1. The van der Waals surface area contributed by atoms with Crippen molar-refractivity contribution >= 4 is 11.8 Å². The van der Waals surface area contributed by atoms with E-state index in [2.05, 4.69) is 0 Å². The van der Waals surface area contributed by atoms with Crippen molar-refractivity contribution in [3.8, 4) is 0 Å². The maximum Gasteiger partial charge on any atom is 0.400 e. The Morgan fingerprint density at radius 1 is 1.00 bits per heavy atom. The van der Waals surface area contributed by atoms with Crippen LogP contribution in [0, 0.1) is 5.92 Å². The minimum absolute atomic E-state index is 0.664. The maximum atomic E-state index is 12.0. The first kappa shape index (κ1) is 13.9. The standard InChI is InChI=1S/C7H10F6S/c1-4(14-2)3-5(6(8,9)10)7(11,12)13/h4-5H,3H2,1-2H3. The van der Waals surface area contributed by atoms with E-state index in [0.717, 1.165) is 11.8 Å². The molecular formula is C7H10F6S. The topological polar surface area (TPSA) is 0 Å². The molecule has 7 heteroatoms. The highest BCUT2D eigenvalue weighted by Gasteiger charge is 2.56. The number of hydrogen-bond donors (Lipinski definition) is 0. The van der Waals surface area contributed by atoms with Gasteiger partial charge in [0.2, 0.25) is 0 Å². The molecule has 0 aromatic carbocycles. The van der Waals surface area contributed by atoms with Crippen molar-refractivity contribution in [3.63, 3.8) is 0 Å². The van der Waals surface area contributed by atoms with E-state index in [1.165, 1.54) is 13.2 Å². The van der Waals surface area contributed by atoms with Crippen LogP contribution >= 0.6 is 11.8 Å². The van der Waals surface area contributed by atoms with Crippen LogP contribution in [-0.4, -0.2) is 23.9 Å². The fourth-order valence-corrected chi connectivity index (χ4v) is 1.27. The summed E-state index contributed by atoms with van der Waals surface area (Å²) >= 11 is 0.985. The van der Waals surface area contributed by atoms with E-state index < -0.39 is 29.9 Å². The fraction of sp³-hybridized carbons (Fsp3) is 1.00. The van der Waals surface area contributed by atoms with Crippen LogP contribution < -0.4 is 0 Å². The lowest BCUT2D eigenvalue weighted by molar-refractivity contribution is -0.285. The second-order valence-corrected chi connectivity index (χ2v) is 4.19. The predicted molar refractivity (Wildman–Crippen MR) is 43.2 cm³/mol. The third-order valence-corrected chi connectivity index (χ3v) is 2.76. The molecule has 0 radical (unpaired) electrons. The first-order valence-electron chi connectivity index (χ1n) is 3.75. The highest BCUT2D eigenvalue weighted by atomic mass is 32.2. The first-order chi connectivity index (χ1) is 6.09. The molecule has 0 saturated heterocycles. The molecule has 14 heavy (non-hydrogen) atoms. The second kappa shape index (κ2) is 4.63. The molecule has 0 aliphatic rings. The summed E-state index contributed by atoms with van der Waals surface area (Å²) in [5, 5.41) is -0.664. The molecule has 0 spiro atoms. The Hall–Kier alpha value is -0.0700. The summed E-state index contributed by atoms with van der Waals surface area (Å²) in [5.41, 5.74) is 0. The van der Waals surface area contributed by atoms with Crippen molar-refractivity contribution in [1.29, 1.82) is 0 Å². The average molecular weight is 240 g/mol. The molecular weight excluding hydrogens is 230 g/mol. The second-order valence-electron chi connectivity index (χ2n) is 2.92. The molecule has 1 unspecified atom stereocenters. The molecule has 0 nitrogen and oxygen atoms in total. The van der Waals surface area contributed by atoms with E-state index >= 15 is 0 Å². The van der Waals surface area contributed by atoms with Gasteiger partial charge < -0.3 is 0 Å². The Morgan fingerprint density at radius 2 is 1.36 bits per heavy atom. The van der Waals surface area contributed by atoms with Crippen molar-refractivity contribution in [3.05, 3.63) is 0 Å². The lowest BCUT2D eigenvalue weighted by Crippen LogP contribution is -2.37. The molecule has 0 aliphatic carbocycles. The summed E-state index contributed by atoms with van der Waals surface area (Å²) in [5.74, 6) is -3.21. The monoisotopic (exact) mass is 240 g/mol. The molecule has 1 atom stereocenters. The number of alkyl halides is 6. The van der Waals surface area contributed by atoms with Crippen molar-refractivity contribution in [2.24, 2.45) is 5.92 Å². The zero-order valence-electron chi connectivity index (χ0n) is 7.54. The Bertz CT molecular complexity index is 158. The Labute approximate surface area is 82.0 Å². The average Bonchev–Trinajstić information content (AvgIpc) is 1.95. The van der Waals surface area contributed by atoms with Crippen LogP contribution in [0.4, 0.5) is 26.3 Å². The van der Waals surface area contributed by atoms with Crippen molar-refractivity contribution < 1.29 is 26.3 Å². The van der Waals surface area contributed by atoms with Crippen molar-refractivity contribution in [2.75, 3.05) is 6.26 Å². The van der Waals surface area contributed by atoms with Crippen molar-refractivity contribution in [1.82, 2.24) is 0 Å². The highest BCUT2D eigenvalue weighted by molar-refractivity contribution is 7.99. The lowest BCUT2D eigenvalue weighted by Gasteiger charge is -2.24. The molecule has 0 fully saturated rings. The quantitative estimate of drug-likeness (QED) is 0.675. The van der Waals surface area contributed by atoms with Gasteiger partial charge in [-0.05, 0) is 12.7 Å². The normalized spacial score (nSPS) is 16.1. The van der Waals surface area contributed by atoms with Crippen LogP contribution in [0.3, 0.4) is 0 Å². The van der Waals surface area contributed by atoms with Gasteiger partial charge in [0.25, 0.3) is 0 Å². The van der Waals surface area contributed by atoms with Gasteiger partial charge >= 0.3 is 12.4 Å². The Morgan fingerprint density at radius 3 is 1.57 bits per heavy atom. The largest absolute Gasteiger partial charge is 0.400 e. The third-order valence-electron chi connectivity index (χ3n) is 1.76. The number of rotatable bonds is 3. The molecule has 0 amide bonds. The molecule has 0 aliphatic heterocycles. The molecule has 0 saturated carbocycles. The lowest BCUT2D eigenvalue weighted by atomic mass is 10.0. The van der Waals surface area contributed by atoms with E-state index in [-0.39, 0.29) is 0 Å². The van der Waals surface area contributed by atoms with Gasteiger partial charge in [0, 0.05) is 5.25 Å². The van der Waals surface area contributed by atoms with E-state index in [1.807, 2.05) is 0 Å². The SMILES string of the molecule is CSC(C)CC(C(F)(F)F)C(F)(F)F. The molecule has 0 N–H and O–H groups in total. The van der Waals surface area contributed by atoms with Gasteiger partial charge in [0.1, 0.15) is 0 Å². The zero-order valence-corrected chi connectivity index (χ0v) is 8.35. The van der Waals surface area contributed by atoms with Crippen LogP contribution in [0.5, 0.6) is 0 Å². The molecule has 0 aromatic rings. The Kier molecular flexibility index (Phi) is 4.61. The molecule has 86 valence electrons. The predicted octanol–water partition coefficient (Wildman–Crippen LogP) is 3.87. The summed E-state index contributed by atoms with van der Waals surface area (Å²) in [6, 6.07) is 0. The zero-order chi connectivity index (χ0) is 11.6. The maximum absolute atomic E-state index is 12.0. The number of halogens is 6. The minimum Gasteiger partial charge on any atom is -0.170 e. The summed E-state index contributed by atoms with van der Waals surface area (Å²) in [6.45, 7) is 1.34. The van der Waals surface area contributed by atoms with Crippen LogP contribution in [0.2, 0.25) is 0 Å². The minimum atomic E-state index is -5.21. The third kappa shape index (κ3) is 4.43. The van der Waals surface area contributed by atoms with Crippen LogP contribution in [-0.2, 0) is 0 Å². The molecule has 0 heterocycles. The van der Waals surface area contributed by atoms with Gasteiger partial charge in [0.15, 0.2) is 5.92 Å². The van der Waals surface area contributed by atoms with E-state index in [9.17, 15) is 26.3 Å². The van der Waals surface area contributed by atoms with E-state index in [4.69, 9.17) is 0 Å². The van der Waals surface area contributed by atoms with Gasteiger partial charge in [-0.1, -0.05) is 6.92 Å². The van der Waals surface area contributed by atoms with E-state index in [0.29, 0.717) is 0 Å². The van der Waals surface area contributed by atoms with Gasteiger partial charge in [0.05, 0.1) is 0 Å². The first-order valence-corrected chi connectivity index (χ1v) is 5.04. The summed E-state index contributed by atoms with van der Waals surface area (Å²) < 4.78 is 71.9. The molecule has 0 rings (SSSR count). The summed E-state index contributed by atoms with van der Waals surface area (Å²) in [6.07, 6.45) is -9.85. The van der Waals surface area contributed by atoms with Crippen LogP contribution in [0.1, 0.15) is 13.3 Å². The fourth-order valence-electron chi connectivity index (χ4n) is 0.881. The van der Waals surface area contributed by atoms with Gasteiger partial charge in [-0.15, -0.1) is 0 Å². The summed E-state index contributed by atoms with van der Waals surface area (Å²) in [4.78, 5) is 0.